The van der Waals surface area contributed by atoms with Crippen molar-refractivity contribution in [1.29, 1.82) is 0 Å². The van der Waals surface area contributed by atoms with E-state index >= 15 is 0 Å². The van der Waals surface area contributed by atoms with Crippen molar-refractivity contribution in [3.05, 3.63) is 85.1 Å². The third-order valence-corrected chi connectivity index (χ3v) is 10.00. The minimum absolute atomic E-state index is 0.00877. The van der Waals surface area contributed by atoms with Crippen molar-refractivity contribution < 1.29 is 56.2 Å². The Bertz CT molecular complexity index is 1370. The van der Waals surface area contributed by atoms with Gasteiger partial charge in [-0.25, -0.2) is 4.18 Å². The third kappa shape index (κ3) is 31.2. The van der Waals surface area contributed by atoms with E-state index in [0.717, 1.165) is 64.2 Å². The van der Waals surface area contributed by atoms with Crippen molar-refractivity contribution >= 4 is 16.4 Å². The standard InChI is InChI=1S/C47H78O12S/c1-3-5-7-9-11-13-15-16-17-18-19-20-21-22-23-24-25-26-27-28-30-32-34-36-43(49)57-41(39-55-37-35-33-31-29-14-12-10-8-6-4-2)40-56-47-45(51)46(59-60(52,53)54)44(50)42(38-48)58-47/h5,7,11,13,16-17,19-20,22-23,25-26,28,30,41-42,44-48,50-51H,3-4,6,8-10,12,14-15,18,21,24,27,29,31-40H2,1-2H3,(H,52,53,54)/b7-5-,13-11-,17-16-,20-19-,23-22-,26-25-,30-28-. The molecule has 1 aliphatic rings. The van der Waals surface area contributed by atoms with Crippen molar-refractivity contribution in [2.24, 2.45) is 0 Å². The number of aliphatic hydroxyl groups excluding tert-OH is 3. The molecule has 60 heavy (non-hydrogen) atoms. The van der Waals surface area contributed by atoms with Crippen LogP contribution in [0.25, 0.3) is 0 Å². The second kappa shape index (κ2) is 38.0. The highest BCUT2D eigenvalue weighted by atomic mass is 32.3. The summed E-state index contributed by atoms with van der Waals surface area (Å²) in [7, 11) is -5.07. The summed E-state index contributed by atoms with van der Waals surface area (Å²) in [5, 5.41) is 30.6. The topological polar surface area (TPSA) is 178 Å². The molecule has 0 amide bonds. The maximum absolute atomic E-state index is 12.8. The molecule has 12 nitrogen and oxygen atoms in total. The first-order valence-corrected chi connectivity index (χ1v) is 23.7. The van der Waals surface area contributed by atoms with E-state index in [1.165, 1.54) is 44.9 Å². The predicted molar refractivity (Wildman–Crippen MR) is 239 cm³/mol. The van der Waals surface area contributed by atoms with Crippen molar-refractivity contribution in [2.75, 3.05) is 26.4 Å². The van der Waals surface area contributed by atoms with Gasteiger partial charge in [0.1, 0.15) is 30.5 Å². The molecule has 0 aromatic heterocycles. The molecule has 0 aromatic rings. The van der Waals surface area contributed by atoms with Crippen LogP contribution in [0.1, 0.15) is 142 Å². The lowest BCUT2D eigenvalue weighted by atomic mass is 9.99. The molecule has 13 heteroatoms. The summed E-state index contributed by atoms with van der Waals surface area (Å²) in [6.07, 6.45) is 40.6. The van der Waals surface area contributed by atoms with Gasteiger partial charge in [0.25, 0.3) is 0 Å². The molecule has 0 spiro atoms. The fourth-order valence-electron chi connectivity index (χ4n) is 6.19. The van der Waals surface area contributed by atoms with Crippen molar-refractivity contribution in [2.45, 2.75) is 179 Å². The average Bonchev–Trinajstić information content (AvgIpc) is 3.22. The zero-order valence-electron chi connectivity index (χ0n) is 36.5. The van der Waals surface area contributed by atoms with Crippen LogP contribution >= 0.6 is 0 Å². The molecule has 344 valence electrons. The number of hydrogen-bond donors (Lipinski definition) is 4. The Morgan fingerprint density at radius 1 is 0.650 bits per heavy atom. The van der Waals surface area contributed by atoms with Gasteiger partial charge in [-0.05, 0) is 64.2 Å². The lowest BCUT2D eigenvalue weighted by Crippen LogP contribution is -2.60. The second-order valence-electron chi connectivity index (χ2n) is 14.9. The van der Waals surface area contributed by atoms with Crippen molar-refractivity contribution in [1.82, 2.24) is 0 Å². The SMILES string of the molecule is CC/C=C\C/C=C\C/C=C\C/C=C\C/C=C\C/C=C\C/C=C\CCCC(=O)OC(COCCCCCCCCCCCC)COC1OC(CO)C(O)C(OS(=O)(=O)O)C1O. The first-order valence-electron chi connectivity index (χ1n) is 22.3. The molecule has 1 heterocycles. The molecule has 1 fully saturated rings. The largest absolute Gasteiger partial charge is 0.457 e. The summed E-state index contributed by atoms with van der Waals surface area (Å²) >= 11 is 0. The second-order valence-corrected chi connectivity index (χ2v) is 16.0. The minimum Gasteiger partial charge on any atom is -0.457 e. The van der Waals surface area contributed by atoms with Crippen LogP contribution < -0.4 is 0 Å². The zero-order chi connectivity index (χ0) is 43.9. The van der Waals surface area contributed by atoms with Crippen molar-refractivity contribution in [3.8, 4) is 0 Å². The first-order chi connectivity index (χ1) is 29.1. The number of unbranched alkanes of at least 4 members (excludes halogenated alkanes) is 10. The summed E-state index contributed by atoms with van der Waals surface area (Å²) in [5.41, 5.74) is 0. The van der Waals surface area contributed by atoms with E-state index in [0.29, 0.717) is 19.4 Å². The number of allylic oxidation sites excluding steroid dienone is 14. The van der Waals surface area contributed by atoms with Crippen LogP contribution in [-0.4, -0.2) is 97.5 Å². The van der Waals surface area contributed by atoms with Crippen LogP contribution in [0.3, 0.4) is 0 Å². The summed E-state index contributed by atoms with van der Waals surface area (Å²) in [6, 6.07) is 0. The van der Waals surface area contributed by atoms with Crippen molar-refractivity contribution in [3.63, 3.8) is 0 Å². The van der Waals surface area contributed by atoms with Crippen LogP contribution in [0.2, 0.25) is 0 Å². The molecular formula is C47H78O12S. The number of carbonyl (C=O) groups excluding carboxylic acids is 1. The van der Waals surface area contributed by atoms with Crippen LogP contribution in [-0.2, 0) is 38.3 Å². The summed E-state index contributed by atoms with van der Waals surface area (Å²) < 4.78 is 58.9. The molecule has 1 rings (SSSR count). The van der Waals surface area contributed by atoms with Gasteiger partial charge in [-0.1, -0.05) is 157 Å². The Morgan fingerprint density at radius 3 is 1.62 bits per heavy atom. The predicted octanol–water partition coefficient (Wildman–Crippen LogP) is 9.29. The Morgan fingerprint density at radius 2 is 1.13 bits per heavy atom. The van der Waals surface area contributed by atoms with E-state index in [1.807, 2.05) is 6.08 Å². The highest BCUT2D eigenvalue weighted by Gasteiger charge is 2.48. The van der Waals surface area contributed by atoms with Gasteiger partial charge in [-0.15, -0.1) is 0 Å². The number of esters is 1. The molecule has 0 bridgehead atoms. The van der Waals surface area contributed by atoms with E-state index in [-0.39, 0.29) is 19.6 Å². The van der Waals surface area contributed by atoms with E-state index < -0.39 is 59.8 Å². The smallest absolute Gasteiger partial charge is 0.397 e. The van der Waals surface area contributed by atoms with E-state index in [2.05, 4.69) is 97.0 Å². The highest BCUT2D eigenvalue weighted by molar-refractivity contribution is 7.80. The van der Waals surface area contributed by atoms with Gasteiger partial charge in [-0.3, -0.25) is 9.35 Å². The average molecular weight is 867 g/mol. The lowest BCUT2D eigenvalue weighted by molar-refractivity contribution is -0.301. The summed E-state index contributed by atoms with van der Waals surface area (Å²) in [5.74, 6) is -0.460. The first kappa shape index (κ1) is 55.3. The Labute approximate surface area is 362 Å². The number of aliphatic hydroxyl groups is 3. The minimum atomic E-state index is -5.07. The summed E-state index contributed by atoms with van der Waals surface area (Å²) in [4.78, 5) is 12.8. The van der Waals surface area contributed by atoms with Crippen LogP contribution in [0.4, 0.5) is 0 Å². The molecule has 6 unspecified atom stereocenters. The van der Waals surface area contributed by atoms with Gasteiger partial charge in [0.2, 0.25) is 0 Å². The monoisotopic (exact) mass is 867 g/mol. The molecule has 6 atom stereocenters. The van der Waals surface area contributed by atoms with Crippen LogP contribution in [0, 0.1) is 0 Å². The normalized spacial score (nSPS) is 21.1. The van der Waals surface area contributed by atoms with Gasteiger partial charge < -0.3 is 34.3 Å². The van der Waals surface area contributed by atoms with Gasteiger partial charge >= 0.3 is 16.4 Å². The van der Waals surface area contributed by atoms with Crippen LogP contribution in [0.15, 0.2) is 85.1 Å². The maximum Gasteiger partial charge on any atom is 0.397 e. The Hall–Kier alpha value is -2.72. The Balaban J connectivity index is 2.46. The fourth-order valence-corrected chi connectivity index (χ4v) is 6.70. The Kier molecular flexibility index (Phi) is 35.0. The van der Waals surface area contributed by atoms with E-state index in [1.54, 1.807) is 0 Å². The molecule has 0 aromatic carbocycles. The molecule has 0 saturated carbocycles. The molecular weight excluding hydrogens is 789 g/mol. The molecule has 1 saturated heterocycles. The van der Waals surface area contributed by atoms with Gasteiger partial charge in [0.05, 0.1) is 19.8 Å². The number of rotatable bonds is 37. The zero-order valence-corrected chi connectivity index (χ0v) is 37.3. The quantitative estimate of drug-likeness (QED) is 0.0202. The van der Waals surface area contributed by atoms with E-state index in [4.69, 9.17) is 23.5 Å². The molecule has 0 radical (unpaired) electrons. The van der Waals surface area contributed by atoms with Gasteiger partial charge in [-0.2, -0.15) is 8.42 Å². The lowest BCUT2D eigenvalue weighted by Gasteiger charge is -2.41. The number of hydrogen-bond acceptors (Lipinski definition) is 11. The highest BCUT2D eigenvalue weighted by Crippen LogP contribution is 2.26. The maximum atomic E-state index is 12.8. The molecule has 1 aliphatic heterocycles. The van der Waals surface area contributed by atoms with E-state index in [9.17, 15) is 28.5 Å². The fraction of sp³-hybridized carbons (Fsp3) is 0.681. The third-order valence-electron chi connectivity index (χ3n) is 9.53. The van der Waals surface area contributed by atoms with Gasteiger partial charge in [0, 0.05) is 13.0 Å². The number of carbonyl (C=O) groups is 1. The van der Waals surface area contributed by atoms with Gasteiger partial charge in [0.15, 0.2) is 6.29 Å². The molecule has 0 aliphatic carbocycles. The van der Waals surface area contributed by atoms with Crippen LogP contribution in [0.5, 0.6) is 0 Å². The number of ether oxygens (including phenoxy) is 4. The summed E-state index contributed by atoms with van der Waals surface area (Å²) in [6.45, 7) is 3.76. The molecule has 4 N–H and O–H groups in total.